The number of thioether (sulfide) groups is 1. The van der Waals surface area contributed by atoms with Gasteiger partial charge in [0, 0.05) is 6.61 Å². The molecule has 0 aromatic heterocycles. The largest absolute Gasteiger partial charge is 0.480 e. The molecule has 2 fully saturated rings. The van der Waals surface area contributed by atoms with Gasteiger partial charge in [-0.2, -0.15) is 0 Å². The molecule has 3 aliphatic heterocycles. The molecule has 2 saturated heterocycles. The minimum absolute atomic E-state index is 0.144. The molecule has 0 aliphatic carbocycles. The Hall–Kier alpha value is -2.43. The summed E-state index contributed by atoms with van der Waals surface area (Å²) in [6.45, 7) is 0.530. The van der Waals surface area contributed by atoms with E-state index in [1.807, 2.05) is 0 Å². The number of carboxylic acids is 2. The van der Waals surface area contributed by atoms with Crippen LogP contribution in [0.2, 0.25) is 0 Å². The number of benzene rings is 1. The average molecular weight is 392 g/mol. The Morgan fingerprint density at radius 1 is 1.22 bits per heavy atom. The molecule has 4 atom stereocenters. The standard InChI is InChI=1S/C17H16N2O7S/c20-13-8-3-1-2-4-9(8)14(21)19(13)10(15(22)23)12-18-11(16(24)25)17(27-12)5-6-26-7-17/h1-4,10-12,18H,5-7H2,(H,22,23)(H,24,25). The number of carbonyl (C=O) groups excluding carboxylic acids is 2. The predicted molar refractivity (Wildman–Crippen MR) is 92.5 cm³/mol. The zero-order chi connectivity index (χ0) is 19.3. The topological polar surface area (TPSA) is 133 Å². The van der Waals surface area contributed by atoms with E-state index in [2.05, 4.69) is 5.32 Å². The fourth-order valence-corrected chi connectivity index (χ4v) is 5.58. The number of ether oxygens (including phenoxy) is 1. The molecule has 3 aliphatic rings. The van der Waals surface area contributed by atoms with E-state index in [4.69, 9.17) is 4.74 Å². The van der Waals surface area contributed by atoms with E-state index >= 15 is 0 Å². The molecule has 10 heteroatoms. The highest BCUT2D eigenvalue weighted by Gasteiger charge is 2.58. The van der Waals surface area contributed by atoms with Gasteiger partial charge in [0.2, 0.25) is 0 Å². The van der Waals surface area contributed by atoms with Crippen LogP contribution < -0.4 is 5.32 Å². The summed E-state index contributed by atoms with van der Waals surface area (Å²) in [7, 11) is 0. The molecular formula is C17H16N2O7S. The lowest BCUT2D eigenvalue weighted by Gasteiger charge is -2.28. The van der Waals surface area contributed by atoms with Gasteiger partial charge in [-0.3, -0.25) is 24.6 Å². The van der Waals surface area contributed by atoms with Crippen LogP contribution in [-0.4, -0.2) is 74.3 Å². The fraction of sp³-hybridized carbons (Fsp3) is 0.412. The Labute approximate surface area is 157 Å². The van der Waals surface area contributed by atoms with Gasteiger partial charge in [0.25, 0.3) is 11.8 Å². The number of imide groups is 1. The van der Waals surface area contributed by atoms with Gasteiger partial charge in [0.05, 0.1) is 27.9 Å². The first-order valence-electron chi connectivity index (χ1n) is 8.30. The lowest BCUT2D eigenvalue weighted by molar-refractivity contribution is -0.143. The van der Waals surface area contributed by atoms with Gasteiger partial charge < -0.3 is 14.9 Å². The highest BCUT2D eigenvalue weighted by molar-refractivity contribution is 8.01. The molecule has 1 aromatic carbocycles. The molecule has 4 rings (SSSR count). The van der Waals surface area contributed by atoms with Gasteiger partial charge in [0.1, 0.15) is 6.04 Å². The molecule has 3 N–H and O–H groups in total. The van der Waals surface area contributed by atoms with Crippen molar-refractivity contribution in [2.45, 2.75) is 28.6 Å². The minimum Gasteiger partial charge on any atom is -0.480 e. The smallest absolute Gasteiger partial charge is 0.329 e. The number of nitrogens with zero attached hydrogens (tertiary/aromatic N) is 1. The van der Waals surface area contributed by atoms with Crippen molar-refractivity contribution in [2.75, 3.05) is 13.2 Å². The second-order valence-electron chi connectivity index (χ2n) is 6.65. The van der Waals surface area contributed by atoms with Crippen LogP contribution in [0.25, 0.3) is 0 Å². The second kappa shape index (κ2) is 6.32. The summed E-state index contributed by atoms with van der Waals surface area (Å²) in [4.78, 5) is 49.8. The summed E-state index contributed by atoms with van der Waals surface area (Å²) >= 11 is 1.12. The van der Waals surface area contributed by atoms with E-state index in [-0.39, 0.29) is 17.7 Å². The number of fused-ring (bicyclic) bond motifs is 1. The Balaban J connectivity index is 1.69. The van der Waals surface area contributed by atoms with Gasteiger partial charge in [-0.1, -0.05) is 12.1 Å². The van der Waals surface area contributed by atoms with Gasteiger partial charge in [-0.05, 0) is 18.6 Å². The highest BCUT2D eigenvalue weighted by atomic mass is 32.2. The highest BCUT2D eigenvalue weighted by Crippen LogP contribution is 2.46. The summed E-state index contributed by atoms with van der Waals surface area (Å²) in [5, 5.41) is 21.2. The molecule has 3 heterocycles. The lowest BCUT2D eigenvalue weighted by atomic mass is 9.98. The lowest BCUT2D eigenvalue weighted by Crippen LogP contribution is -2.56. The normalized spacial score (nSPS) is 30.7. The summed E-state index contributed by atoms with van der Waals surface area (Å²) in [5.74, 6) is -3.89. The van der Waals surface area contributed by atoms with Crippen molar-refractivity contribution in [3.8, 4) is 0 Å². The molecule has 9 nitrogen and oxygen atoms in total. The van der Waals surface area contributed by atoms with Crippen molar-refractivity contribution in [1.29, 1.82) is 0 Å². The Morgan fingerprint density at radius 3 is 2.33 bits per heavy atom. The summed E-state index contributed by atoms with van der Waals surface area (Å²) < 4.78 is 4.52. The first-order valence-corrected chi connectivity index (χ1v) is 9.18. The van der Waals surface area contributed by atoms with E-state index in [1.165, 1.54) is 12.1 Å². The molecule has 0 bridgehead atoms. The van der Waals surface area contributed by atoms with E-state index in [0.29, 0.717) is 17.9 Å². The van der Waals surface area contributed by atoms with Crippen LogP contribution >= 0.6 is 11.8 Å². The first-order chi connectivity index (χ1) is 12.9. The van der Waals surface area contributed by atoms with Gasteiger partial charge in [0.15, 0.2) is 6.04 Å². The van der Waals surface area contributed by atoms with Crippen molar-refractivity contribution in [2.24, 2.45) is 0 Å². The molecular weight excluding hydrogens is 376 g/mol. The quantitative estimate of drug-likeness (QED) is 0.606. The van der Waals surface area contributed by atoms with Crippen LogP contribution in [0.3, 0.4) is 0 Å². The fourth-order valence-electron chi connectivity index (χ4n) is 3.84. The Morgan fingerprint density at radius 2 is 1.85 bits per heavy atom. The van der Waals surface area contributed by atoms with Crippen LogP contribution in [0, 0.1) is 0 Å². The number of nitrogens with one attached hydrogen (secondary N) is 1. The first kappa shape index (κ1) is 18.0. The van der Waals surface area contributed by atoms with Crippen molar-refractivity contribution < 1.29 is 34.1 Å². The summed E-state index contributed by atoms with van der Waals surface area (Å²) in [6, 6.07) is 3.55. The second-order valence-corrected chi connectivity index (χ2v) is 8.21. The van der Waals surface area contributed by atoms with E-state index in [1.54, 1.807) is 12.1 Å². The van der Waals surface area contributed by atoms with Gasteiger partial charge >= 0.3 is 11.9 Å². The summed E-state index contributed by atoms with van der Waals surface area (Å²) in [6.07, 6.45) is 0.437. The maximum absolute atomic E-state index is 12.7. The minimum atomic E-state index is -1.54. The Bertz CT molecular complexity index is 816. The van der Waals surface area contributed by atoms with Crippen molar-refractivity contribution in [3.63, 3.8) is 0 Å². The maximum Gasteiger partial charge on any atom is 0.329 e. The maximum atomic E-state index is 12.7. The number of carbonyl (C=O) groups is 4. The molecule has 4 unspecified atom stereocenters. The van der Waals surface area contributed by atoms with Crippen LogP contribution in [0.4, 0.5) is 0 Å². The number of hydrogen-bond acceptors (Lipinski definition) is 7. The van der Waals surface area contributed by atoms with Crippen molar-refractivity contribution in [3.05, 3.63) is 35.4 Å². The average Bonchev–Trinajstić information content (AvgIpc) is 3.31. The van der Waals surface area contributed by atoms with E-state index < -0.39 is 46.0 Å². The molecule has 0 radical (unpaired) electrons. The molecule has 27 heavy (non-hydrogen) atoms. The monoisotopic (exact) mass is 392 g/mol. The predicted octanol–water partition coefficient (Wildman–Crippen LogP) is 0.0106. The third kappa shape index (κ3) is 2.63. The van der Waals surface area contributed by atoms with Crippen LogP contribution in [0.1, 0.15) is 27.1 Å². The van der Waals surface area contributed by atoms with Gasteiger partial charge in [-0.15, -0.1) is 11.8 Å². The number of amides is 2. The van der Waals surface area contributed by atoms with E-state index in [9.17, 15) is 29.4 Å². The zero-order valence-corrected chi connectivity index (χ0v) is 14.8. The molecule has 0 saturated carbocycles. The van der Waals surface area contributed by atoms with Crippen LogP contribution in [0.5, 0.6) is 0 Å². The number of aliphatic carboxylic acids is 2. The van der Waals surface area contributed by atoms with Crippen molar-refractivity contribution in [1.82, 2.24) is 10.2 Å². The molecule has 1 spiro atoms. The van der Waals surface area contributed by atoms with Crippen LogP contribution in [0.15, 0.2) is 24.3 Å². The third-order valence-corrected chi connectivity index (χ3v) is 6.80. The van der Waals surface area contributed by atoms with Crippen LogP contribution in [-0.2, 0) is 14.3 Å². The van der Waals surface area contributed by atoms with E-state index in [0.717, 1.165) is 11.8 Å². The van der Waals surface area contributed by atoms with Crippen molar-refractivity contribution >= 4 is 35.5 Å². The zero-order valence-electron chi connectivity index (χ0n) is 14.0. The number of carboxylic acid groups (broad SMARTS) is 2. The Kier molecular flexibility index (Phi) is 4.21. The SMILES string of the molecule is O=C(O)C(C1NC(C(=O)O)C2(CCOC2)S1)N1C(=O)c2ccccc2C1=O. The number of hydrogen-bond donors (Lipinski definition) is 3. The molecule has 2 amide bonds. The van der Waals surface area contributed by atoms with Gasteiger partial charge in [-0.25, -0.2) is 4.79 Å². The summed E-state index contributed by atoms with van der Waals surface area (Å²) in [5.41, 5.74) is 0.288. The molecule has 142 valence electrons. The molecule has 1 aromatic rings. The number of rotatable bonds is 4. The third-order valence-electron chi connectivity index (χ3n) is 5.13.